The second-order valence-corrected chi connectivity index (χ2v) is 22.7. The van der Waals surface area contributed by atoms with Crippen molar-refractivity contribution >= 4 is 95.0 Å². The van der Waals surface area contributed by atoms with Crippen LogP contribution >= 0.6 is 31.0 Å². The molecule has 0 spiro atoms. The lowest BCUT2D eigenvalue weighted by Gasteiger charge is -2.31. The molecule has 0 aliphatic heterocycles. The van der Waals surface area contributed by atoms with Crippen molar-refractivity contribution in [1.82, 2.24) is 0 Å². The normalized spacial score (nSPS) is 12.2. The molecular formula is C52H50O6P4. The maximum absolute atomic E-state index is 15.3. The van der Waals surface area contributed by atoms with Crippen LogP contribution in [0.25, 0.3) is 32.7 Å². The Labute approximate surface area is 367 Å². The van der Waals surface area contributed by atoms with Crippen LogP contribution in [0.15, 0.2) is 182 Å². The summed E-state index contributed by atoms with van der Waals surface area (Å²) in [6, 6.07) is 62.9. The Morgan fingerprint density at radius 1 is 0.355 bits per heavy atom. The molecule has 6 nitrogen and oxygen atoms in total. The zero-order chi connectivity index (χ0) is 43.1. The highest BCUT2D eigenvalue weighted by Gasteiger charge is 2.37. The van der Waals surface area contributed by atoms with Gasteiger partial charge in [-0.2, -0.15) is 0 Å². The van der Waals surface area contributed by atoms with Gasteiger partial charge in [0.05, 0.1) is 37.0 Å². The number of hydrogen-bond donors (Lipinski definition) is 0. The topological polar surface area (TPSA) is 71.1 Å². The molecule has 0 atom stereocenters. The van der Waals surface area contributed by atoms with E-state index in [9.17, 15) is 0 Å². The molecule has 8 rings (SSSR count). The van der Waals surface area contributed by atoms with E-state index < -0.39 is 31.0 Å². The molecule has 0 heterocycles. The van der Waals surface area contributed by atoms with Crippen molar-refractivity contribution in [3.05, 3.63) is 182 Å². The average Bonchev–Trinajstić information content (AvgIpc) is 3.30. The molecule has 10 heteroatoms. The highest BCUT2D eigenvalue weighted by molar-refractivity contribution is 7.81. The molecule has 0 amide bonds. The second kappa shape index (κ2) is 19.9. The maximum Gasteiger partial charge on any atom is 0.361 e. The molecule has 0 aliphatic carbocycles. The van der Waals surface area contributed by atoms with E-state index in [0.717, 1.165) is 64.5 Å². The molecule has 0 unspecified atom stereocenters. The van der Waals surface area contributed by atoms with Crippen molar-refractivity contribution in [2.75, 3.05) is 26.4 Å². The van der Waals surface area contributed by atoms with E-state index in [0.29, 0.717) is 10.6 Å². The fraction of sp³-hybridized carbons (Fsp3) is 0.154. The summed E-state index contributed by atoms with van der Waals surface area (Å²) in [5.41, 5.74) is 2.00. The number of hydrogen-bond acceptors (Lipinski definition) is 6. The first-order valence-electron chi connectivity index (χ1n) is 21.1. The Bertz CT molecular complexity index is 2580. The smallest absolute Gasteiger partial charge is 0.305 e. The number of fused-ring (bicyclic) bond motifs is 2. The van der Waals surface area contributed by atoms with Gasteiger partial charge in [-0.15, -0.1) is 0 Å². The summed E-state index contributed by atoms with van der Waals surface area (Å²) in [5.74, 6) is 0. The third-order valence-electron chi connectivity index (χ3n) is 10.6. The molecule has 8 aromatic carbocycles. The molecule has 0 N–H and O–H groups in total. The summed E-state index contributed by atoms with van der Waals surface area (Å²) in [4.78, 5) is 0. The van der Waals surface area contributed by atoms with E-state index in [1.54, 1.807) is 0 Å². The van der Waals surface area contributed by atoms with Gasteiger partial charge in [0.25, 0.3) is 0 Å². The van der Waals surface area contributed by atoms with Crippen molar-refractivity contribution < 1.29 is 27.2 Å². The highest BCUT2D eigenvalue weighted by Crippen LogP contribution is 2.54. The van der Waals surface area contributed by atoms with Gasteiger partial charge in [-0.3, -0.25) is 9.13 Å². The van der Waals surface area contributed by atoms with Crippen molar-refractivity contribution in [2.24, 2.45) is 0 Å². The lowest BCUT2D eigenvalue weighted by atomic mass is 9.93. The highest BCUT2D eigenvalue weighted by atomic mass is 31.2. The SMILES string of the molecule is CCOP(=O)(OCC)c1cc(P(c2ccccc2)c2ccccc2)c(-c2c(P(c3ccccc3)c3ccccc3)cc(P(=O)(OCC)OCC)c3ccccc23)c2ccccc12. The van der Waals surface area contributed by atoms with Gasteiger partial charge >= 0.3 is 15.2 Å². The van der Waals surface area contributed by atoms with Gasteiger partial charge in [0.2, 0.25) is 0 Å². The summed E-state index contributed by atoms with van der Waals surface area (Å²) < 4.78 is 55.3. The quantitative estimate of drug-likeness (QED) is 0.0848. The minimum Gasteiger partial charge on any atom is -0.305 e. The summed E-state index contributed by atoms with van der Waals surface area (Å²) in [6.07, 6.45) is 0. The molecule has 0 bridgehead atoms. The molecule has 0 aliphatic rings. The average molecular weight is 895 g/mol. The molecule has 0 saturated carbocycles. The van der Waals surface area contributed by atoms with Gasteiger partial charge in [0.15, 0.2) is 0 Å². The fourth-order valence-corrected chi connectivity index (χ4v) is 17.1. The zero-order valence-electron chi connectivity index (χ0n) is 35.4. The van der Waals surface area contributed by atoms with Crippen LogP contribution in [0.4, 0.5) is 0 Å². The van der Waals surface area contributed by atoms with Gasteiger partial charge in [-0.05, 0) is 120 Å². The van der Waals surface area contributed by atoms with Crippen molar-refractivity contribution in [3.8, 4) is 11.1 Å². The van der Waals surface area contributed by atoms with Gasteiger partial charge in [-0.25, -0.2) is 0 Å². The van der Waals surface area contributed by atoms with E-state index in [-0.39, 0.29) is 26.4 Å². The molecule has 0 saturated heterocycles. The Morgan fingerprint density at radius 2 is 0.597 bits per heavy atom. The summed E-state index contributed by atoms with van der Waals surface area (Å²) in [5, 5.41) is 11.0. The van der Waals surface area contributed by atoms with E-state index in [1.807, 2.05) is 88.4 Å². The largest absolute Gasteiger partial charge is 0.361 e. The lowest BCUT2D eigenvalue weighted by Crippen LogP contribution is -2.30. The summed E-state index contributed by atoms with van der Waals surface area (Å²) in [6.45, 7) is 8.25. The molecule has 0 radical (unpaired) electrons. The van der Waals surface area contributed by atoms with Gasteiger partial charge in [0, 0.05) is 0 Å². The number of rotatable bonds is 17. The zero-order valence-corrected chi connectivity index (χ0v) is 39.0. The molecule has 0 aromatic heterocycles. The van der Waals surface area contributed by atoms with Crippen LogP contribution in [0.2, 0.25) is 0 Å². The predicted molar refractivity (Wildman–Crippen MR) is 265 cm³/mol. The monoisotopic (exact) mass is 894 g/mol. The molecule has 8 aromatic rings. The van der Waals surface area contributed by atoms with Crippen LogP contribution in [0, 0.1) is 0 Å². The van der Waals surface area contributed by atoms with Crippen LogP contribution in [-0.4, -0.2) is 26.4 Å². The molecule has 314 valence electrons. The van der Waals surface area contributed by atoms with Crippen molar-refractivity contribution in [1.29, 1.82) is 0 Å². The first kappa shape index (κ1) is 44.1. The van der Waals surface area contributed by atoms with E-state index in [4.69, 9.17) is 18.1 Å². The second-order valence-electron chi connectivity index (χ2n) is 14.3. The molecular weight excluding hydrogens is 844 g/mol. The van der Waals surface area contributed by atoms with Crippen LogP contribution in [0.1, 0.15) is 27.7 Å². The van der Waals surface area contributed by atoms with E-state index in [2.05, 4.69) is 121 Å². The molecule has 0 fully saturated rings. The third kappa shape index (κ3) is 8.70. The minimum absolute atomic E-state index is 0.212. The summed E-state index contributed by atoms with van der Waals surface area (Å²) >= 11 is 0. The van der Waals surface area contributed by atoms with Gasteiger partial charge in [0.1, 0.15) is 0 Å². The minimum atomic E-state index is -3.85. The first-order valence-corrected chi connectivity index (χ1v) is 26.8. The Kier molecular flexibility index (Phi) is 14.1. The maximum atomic E-state index is 15.3. The first-order chi connectivity index (χ1) is 30.4. The van der Waals surface area contributed by atoms with E-state index in [1.165, 1.54) is 0 Å². The lowest BCUT2D eigenvalue weighted by molar-refractivity contribution is 0.229. The van der Waals surface area contributed by atoms with E-state index >= 15 is 9.13 Å². The third-order valence-corrected chi connectivity index (χ3v) is 19.8. The Morgan fingerprint density at radius 3 is 0.855 bits per heavy atom. The van der Waals surface area contributed by atoms with Gasteiger partial charge < -0.3 is 18.1 Å². The fourth-order valence-electron chi connectivity index (χ4n) is 8.21. The molecule has 62 heavy (non-hydrogen) atoms. The standard InChI is InChI=1S/C52H50O6P4/c1-5-55-61(53,56-6-2)49-37-47(59(39-25-13-9-14-26-39)40-27-15-10-16-28-40)51(45-35-23-21-33-43(45)49)52-46-36-24-22-34-44(46)50(62(54,57-7-3)58-8-4)38-48(52)60(41-29-17-11-18-30-41)42-31-19-12-20-32-42/h9-38H,5-8H2,1-4H3. The van der Waals surface area contributed by atoms with Crippen LogP contribution in [0.3, 0.4) is 0 Å². The van der Waals surface area contributed by atoms with Crippen LogP contribution in [-0.2, 0) is 27.2 Å². The van der Waals surface area contributed by atoms with Crippen LogP contribution in [0.5, 0.6) is 0 Å². The predicted octanol–water partition coefficient (Wildman–Crippen LogP) is 11.0. The van der Waals surface area contributed by atoms with Crippen molar-refractivity contribution in [2.45, 2.75) is 27.7 Å². The van der Waals surface area contributed by atoms with Crippen LogP contribution < -0.4 is 42.4 Å². The Hall–Kier alpha value is -4.56. The van der Waals surface area contributed by atoms with Gasteiger partial charge in [-0.1, -0.05) is 170 Å². The number of benzene rings is 8. The Balaban J connectivity index is 1.65. The summed E-state index contributed by atoms with van der Waals surface area (Å²) in [7, 11) is -10.3. The van der Waals surface area contributed by atoms with Crippen molar-refractivity contribution in [3.63, 3.8) is 0 Å².